The van der Waals surface area contributed by atoms with Crippen molar-refractivity contribution in [2.45, 2.75) is 26.9 Å². The number of nitrogens with one attached hydrogen (secondary N) is 1. The molecule has 148 valence electrons. The molecule has 0 spiro atoms. The molecule has 1 N–H and O–H groups in total. The van der Waals surface area contributed by atoms with Crippen LogP contribution < -0.4 is 5.32 Å². The fourth-order valence-electron chi connectivity index (χ4n) is 3.08. The molecule has 3 heterocycles. The molecule has 0 fully saturated rings. The largest absolute Gasteiger partial charge is 0.454 e. The summed E-state index contributed by atoms with van der Waals surface area (Å²) < 4.78 is 22.8. The molecule has 0 aliphatic rings. The molecule has 0 saturated heterocycles. The van der Waals surface area contributed by atoms with Gasteiger partial charge in [-0.2, -0.15) is 10.2 Å². The predicted octanol–water partition coefficient (Wildman–Crippen LogP) is 3.78. The number of carbonyl (C=O) groups is 1. The fourth-order valence-corrected chi connectivity index (χ4v) is 3.08. The van der Waals surface area contributed by atoms with E-state index in [2.05, 4.69) is 15.5 Å². The zero-order chi connectivity index (χ0) is 20.4. The number of anilines is 1. The van der Waals surface area contributed by atoms with Gasteiger partial charge in [0.2, 0.25) is 0 Å². The summed E-state index contributed by atoms with van der Waals surface area (Å²) in [5, 5.41) is 11.3. The summed E-state index contributed by atoms with van der Waals surface area (Å²) in [5.74, 6) is 0.161. The molecule has 1 amide bonds. The van der Waals surface area contributed by atoms with Gasteiger partial charge in [0, 0.05) is 17.5 Å². The minimum atomic E-state index is -0.380. The van der Waals surface area contributed by atoms with Crippen molar-refractivity contribution in [1.29, 1.82) is 0 Å². The Morgan fingerprint density at radius 3 is 2.76 bits per heavy atom. The van der Waals surface area contributed by atoms with Gasteiger partial charge in [-0.3, -0.25) is 14.2 Å². The number of furan rings is 1. The lowest BCUT2D eigenvalue weighted by Gasteiger charge is -2.03. The van der Waals surface area contributed by atoms with Crippen LogP contribution >= 0.6 is 0 Å². The van der Waals surface area contributed by atoms with Gasteiger partial charge in [-0.05, 0) is 38.1 Å². The predicted molar refractivity (Wildman–Crippen MR) is 105 cm³/mol. The topological polar surface area (TPSA) is 77.9 Å². The Hall–Kier alpha value is -3.68. The Labute approximate surface area is 166 Å². The summed E-state index contributed by atoms with van der Waals surface area (Å²) in [6.45, 7) is 4.62. The Morgan fingerprint density at radius 1 is 1.17 bits per heavy atom. The Balaban J connectivity index is 1.40. The third kappa shape index (κ3) is 4.26. The first-order valence-corrected chi connectivity index (χ1v) is 9.15. The molecule has 4 rings (SSSR count). The van der Waals surface area contributed by atoms with Crippen LogP contribution in [-0.4, -0.2) is 25.5 Å². The van der Waals surface area contributed by atoms with Crippen molar-refractivity contribution >= 4 is 11.6 Å². The number of nitrogens with zero attached hydrogens (tertiary/aromatic N) is 4. The van der Waals surface area contributed by atoms with Crippen molar-refractivity contribution in [3.63, 3.8) is 0 Å². The van der Waals surface area contributed by atoms with E-state index in [0.717, 1.165) is 11.4 Å². The molecule has 0 atom stereocenters. The van der Waals surface area contributed by atoms with Crippen molar-refractivity contribution in [2.75, 3.05) is 5.32 Å². The van der Waals surface area contributed by atoms with Gasteiger partial charge >= 0.3 is 0 Å². The number of benzene rings is 1. The summed E-state index contributed by atoms with van der Waals surface area (Å²) in [4.78, 5) is 12.4. The van der Waals surface area contributed by atoms with Crippen LogP contribution in [0.5, 0.6) is 0 Å². The Kier molecular flexibility index (Phi) is 4.99. The first-order chi connectivity index (χ1) is 14.0. The van der Waals surface area contributed by atoms with Crippen LogP contribution in [-0.2, 0) is 13.1 Å². The van der Waals surface area contributed by atoms with Gasteiger partial charge in [0.15, 0.2) is 5.76 Å². The van der Waals surface area contributed by atoms with Crippen molar-refractivity contribution in [3.8, 4) is 0 Å². The van der Waals surface area contributed by atoms with Gasteiger partial charge in [-0.1, -0.05) is 18.2 Å². The average Bonchev–Trinajstić information content (AvgIpc) is 3.39. The molecule has 8 heteroatoms. The van der Waals surface area contributed by atoms with Gasteiger partial charge < -0.3 is 9.73 Å². The summed E-state index contributed by atoms with van der Waals surface area (Å²) in [7, 11) is 0. The minimum absolute atomic E-state index is 0.198. The van der Waals surface area contributed by atoms with E-state index in [1.54, 1.807) is 41.2 Å². The van der Waals surface area contributed by atoms with E-state index in [4.69, 9.17) is 4.42 Å². The maximum absolute atomic E-state index is 13.8. The zero-order valence-electron chi connectivity index (χ0n) is 16.1. The van der Waals surface area contributed by atoms with Gasteiger partial charge in [0.05, 0.1) is 30.7 Å². The summed E-state index contributed by atoms with van der Waals surface area (Å²) in [6.07, 6.45) is 3.16. The average molecular weight is 393 g/mol. The molecular weight excluding hydrogens is 373 g/mol. The quantitative estimate of drug-likeness (QED) is 0.541. The third-order valence-corrected chi connectivity index (χ3v) is 4.48. The zero-order valence-corrected chi connectivity index (χ0v) is 16.1. The number of halogens is 1. The molecule has 0 bridgehead atoms. The number of hydrogen-bond acceptors (Lipinski definition) is 4. The van der Waals surface area contributed by atoms with Crippen molar-refractivity contribution < 1.29 is 13.6 Å². The fraction of sp³-hybridized carbons (Fsp3) is 0.190. The second-order valence-corrected chi connectivity index (χ2v) is 6.82. The highest BCUT2D eigenvalue weighted by atomic mass is 19.1. The molecule has 1 aromatic carbocycles. The van der Waals surface area contributed by atoms with E-state index in [1.165, 1.54) is 12.3 Å². The smallest absolute Gasteiger partial charge is 0.291 e. The lowest BCUT2D eigenvalue weighted by atomic mass is 10.2. The highest BCUT2D eigenvalue weighted by Crippen LogP contribution is 2.15. The molecule has 0 radical (unpaired) electrons. The van der Waals surface area contributed by atoms with Crippen LogP contribution in [0.3, 0.4) is 0 Å². The van der Waals surface area contributed by atoms with Crippen LogP contribution in [0.2, 0.25) is 0 Å². The molecular formula is C21H20FN5O2. The lowest BCUT2D eigenvalue weighted by molar-refractivity contribution is 0.0994. The van der Waals surface area contributed by atoms with Crippen molar-refractivity contribution in [3.05, 3.63) is 89.1 Å². The van der Waals surface area contributed by atoms with Crippen molar-refractivity contribution in [2.24, 2.45) is 0 Å². The summed E-state index contributed by atoms with van der Waals surface area (Å²) >= 11 is 0. The molecule has 0 unspecified atom stereocenters. The second kappa shape index (κ2) is 7.75. The number of hydrogen-bond donors (Lipinski definition) is 1. The molecule has 0 aliphatic carbocycles. The molecule has 7 nitrogen and oxygen atoms in total. The minimum Gasteiger partial charge on any atom is -0.454 e. The molecule has 0 aliphatic heterocycles. The first-order valence-electron chi connectivity index (χ1n) is 9.15. The van der Waals surface area contributed by atoms with Crippen LogP contribution in [0.25, 0.3) is 0 Å². The monoisotopic (exact) mass is 393 g/mol. The lowest BCUT2D eigenvalue weighted by Crippen LogP contribution is -2.10. The maximum atomic E-state index is 13.8. The van der Waals surface area contributed by atoms with E-state index in [9.17, 15) is 9.18 Å². The number of carbonyl (C=O) groups excluding carboxylic acids is 1. The third-order valence-electron chi connectivity index (χ3n) is 4.48. The van der Waals surface area contributed by atoms with Crippen LogP contribution in [0.4, 0.5) is 10.1 Å². The second-order valence-electron chi connectivity index (χ2n) is 6.82. The van der Waals surface area contributed by atoms with Crippen molar-refractivity contribution in [1.82, 2.24) is 19.6 Å². The summed E-state index contributed by atoms with van der Waals surface area (Å²) in [6, 6.07) is 11.9. The first kappa shape index (κ1) is 18.7. The Bertz CT molecular complexity index is 1160. The van der Waals surface area contributed by atoms with Gasteiger partial charge in [0.1, 0.15) is 11.6 Å². The van der Waals surface area contributed by atoms with Gasteiger partial charge in [-0.25, -0.2) is 4.39 Å². The van der Waals surface area contributed by atoms with E-state index in [-0.39, 0.29) is 24.0 Å². The SMILES string of the molecule is Cc1cc(C)n(Cc2ccc(C(=O)Nc3cnn(Cc4ccccc4F)c3)o2)n1. The molecule has 29 heavy (non-hydrogen) atoms. The number of rotatable bonds is 6. The van der Waals surface area contributed by atoms with Crippen LogP contribution in [0.15, 0.2) is 59.3 Å². The highest BCUT2D eigenvalue weighted by Gasteiger charge is 2.14. The maximum Gasteiger partial charge on any atom is 0.291 e. The van der Waals surface area contributed by atoms with E-state index < -0.39 is 0 Å². The number of aryl methyl sites for hydroxylation is 2. The number of aromatic nitrogens is 4. The van der Waals surface area contributed by atoms with Gasteiger partial charge in [-0.15, -0.1) is 0 Å². The van der Waals surface area contributed by atoms with Crippen LogP contribution in [0.1, 0.15) is 33.3 Å². The van der Waals surface area contributed by atoms with E-state index in [0.29, 0.717) is 23.6 Å². The molecule has 4 aromatic rings. The normalized spacial score (nSPS) is 11.0. The highest BCUT2D eigenvalue weighted by molar-refractivity contribution is 6.02. The molecule has 3 aromatic heterocycles. The standard InChI is InChI=1S/C21H20FN5O2/c1-14-9-15(2)27(25-14)13-18-7-8-20(29-18)21(28)24-17-10-23-26(12-17)11-16-5-3-4-6-19(16)22/h3-10,12H,11,13H2,1-2H3,(H,24,28). The summed E-state index contributed by atoms with van der Waals surface area (Å²) in [5.41, 5.74) is 2.97. The number of amides is 1. The van der Waals surface area contributed by atoms with Gasteiger partial charge in [0.25, 0.3) is 5.91 Å². The van der Waals surface area contributed by atoms with E-state index in [1.807, 2.05) is 24.6 Å². The Morgan fingerprint density at radius 2 is 2.00 bits per heavy atom. The van der Waals surface area contributed by atoms with E-state index >= 15 is 0 Å². The molecule has 0 saturated carbocycles. The van der Waals surface area contributed by atoms with Crippen LogP contribution in [0, 0.1) is 19.7 Å².